The van der Waals surface area contributed by atoms with Gasteiger partial charge in [0.1, 0.15) is 5.75 Å². The summed E-state index contributed by atoms with van der Waals surface area (Å²) in [5, 5.41) is 5.38. The number of rotatable bonds is 4. The van der Waals surface area contributed by atoms with Gasteiger partial charge in [0.25, 0.3) is 0 Å². The number of nitrogen functional groups attached to an aromatic ring is 1. The molecule has 2 heterocycles. The quantitative estimate of drug-likeness (QED) is 0.752. The molecule has 98 valence electrons. The van der Waals surface area contributed by atoms with E-state index in [-0.39, 0.29) is 0 Å². The van der Waals surface area contributed by atoms with Crippen LogP contribution in [0.1, 0.15) is 5.56 Å². The first kappa shape index (κ1) is 11.6. The van der Waals surface area contributed by atoms with Crippen LogP contribution < -0.4 is 10.5 Å². The average molecular weight is 256 g/mol. The monoisotopic (exact) mass is 256 g/mol. The molecule has 0 saturated heterocycles. The summed E-state index contributed by atoms with van der Waals surface area (Å²) < 4.78 is 7.12. The molecule has 3 aromatic rings. The van der Waals surface area contributed by atoms with Gasteiger partial charge < -0.3 is 15.5 Å². The molecule has 0 spiro atoms. The van der Waals surface area contributed by atoms with Crippen molar-refractivity contribution < 1.29 is 4.74 Å². The number of aromatic nitrogens is 3. The molecular weight excluding hydrogens is 240 g/mol. The Kier molecular flexibility index (Phi) is 2.87. The van der Waals surface area contributed by atoms with E-state index in [9.17, 15) is 0 Å². The second kappa shape index (κ2) is 4.68. The minimum atomic E-state index is 0.695. The first-order valence-corrected chi connectivity index (χ1v) is 6.18. The van der Waals surface area contributed by atoms with Gasteiger partial charge in [0.15, 0.2) is 0 Å². The van der Waals surface area contributed by atoms with Crippen LogP contribution in [0.2, 0.25) is 0 Å². The number of aromatic amines is 1. The van der Waals surface area contributed by atoms with E-state index >= 15 is 0 Å². The maximum absolute atomic E-state index is 5.65. The van der Waals surface area contributed by atoms with Gasteiger partial charge in [-0.1, -0.05) is 0 Å². The van der Waals surface area contributed by atoms with E-state index in [1.54, 1.807) is 13.3 Å². The number of fused-ring (bicyclic) bond motifs is 1. The topological polar surface area (TPSA) is 68.9 Å². The van der Waals surface area contributed by atoms with Gasteiger partial charge >= 0.3 is 0 Å². The van der Waals surface area contributed by atoms with Gasteiger partial charge in [-0.3, -0.25) is 4.68 Å². The number of anilines is 1. The zero-order valence-electron chi connectivity index (χ0n) is 10.8. The van der Waals surface area contributed by atoms with Gasteiger partial charge in [-0.2, -0.15) is 5.10 Å². The number of nitrogens with zero attached hydrogens (tertiary/aromatic N) is 2. The lowest BCUT2D eigenvalue weighted by Gasteiger charge is -2.02. The Morgan fingerprint density at radius 1 is 1.42 bits per heavy atom. The maximum Gasteiger partial charge on any atom is 0.119 e. The smallest absolute Gasteiger partial charge is 0.119 e. The highest BCUT2D eigenvalue weighted by molar-refractivity contribution is 5.84. The lowest BCUT2D eigenvalue weighted by molar-refractivity contribution is 0.415. The van der Waals surface area contributed by atoms with Crippen LogP contribution in [0, 0.1) is 0 Å². The predicted molar refractivity (Wildman–Crippen MR) is 75.2 cm³/mol. The van der Waals surface area contributed by atoms with E-state index in [1.807, 2.05) is 29.2 Å². The first-order chi connectivity index (χ1) is 9.26. The third-order valence-electron chi connectivity index (χ3n) is 3.24. The average Bonchev–Trinajstić information content (AvgIpc) is 3.02. The van der Waals surface area contributed by atoms with E-state index in [0.29, 0.717) is 5.69 Å². The summed E-state index contributed by atoms with van der Waals surface area (Å²) >= 11 is 0. The van der Waals surface area contributed by atoms with Crippen LogP contribution in [0.15, 0.2) is 36.8 Å². The van der Waals surface area contributed by atoms with Gasteiger partial charge in [0.2, 0.25) is 0 Å². The third-order valence-corrected chi connectivity index (χ3v) is 3.24. The molecule has 0 radical (unpaired) electrons. The number of hydrogen-bond donors (Lipinski definition) is 2. The van der Waals surface area contributed by atoms with Gasteiger partial charge in [0.05, 0.1) is 19.0 Å². The molecule has 19 heavy (non-hydrogen) atoms. The van der Waals surface area contributed by atoms with Crippen LogP contribution in [0.3, 0.4) is 0 Å². The van der Waals surface area contributed by atoms with Crippen molar-refractivity contribution in [1.29, 1.82) is 0 Å². The van der Waals surface area contributed by atoms with Crippen molar-refractivity contribution in [2.45, 2.75) is 13.0 Å². The van der Waals surface area contributed by atoms with Gasteiger partial charge in [-0.25, -0.2) is 0 Å². The first-order valence-electron chi connectivity index (χ1n) is 6.18. The molecule has 0 saturated carbocycles. The molecule has 3 N–H and O–H groups in total. The lowest BCUT2D eigenvalue weighted by atomic mass is 10.1. The Bertz CT molecular complexity index is 698. The predicted octanol–water partition coefficient (Wildman–Crippen LogP) is 2.20. The molecule has 0 unspecified atom stereocenters. The summed E-state index contributed by atoms with van der Waals surface area (Å²) in [7, 11) is 1.68. The number of hydrogen-bond acceptors (Lipinski definition) is 3. The molecule has 0 aliphatic heterocycles. The zero-order valence-corrected chi connectivity index (χ0v) is 10.8. The molecule has 3 rings (SSSR count). The molecule has 0 aliphatic rings. The molecule has 0 bridgehead atoms. The van der Waals surface area contributed by atoms with E-state index in [0.717, 1.165) is 24.2 Å². The Labute approximate surface area is 111 Å². The van der Waals surface area contributed by atoms with E-state index in [1.165, 1.54) is 10.9 Å². The number of H-pyrrole nitrogens is 1. The molecule has 5 heteroatoms. The van der Waals surface area contributed by atoms with Crippen molar-refractivity contribution in [2.24, 2.45) is 0 Å². The fourth-order valence-corrected chi connectivity index (χ4v) is 2.23. The minimum absolute atomic E-state index is 0.695. The lowest BCUT2D eigenvalue weighted by Crippen LogP contribution is -2.01. The van der Waals surface area contributed by atoms with Gasteiger partial charge in [0, 0.05) is 29.8 Å². The molecule has 0 aliphatic carbocycles. The van der Waals surface area contributed by atoms with Crippen LogP contribution in [0.5, 0.6) is 5.75 Å². The fraction of sp³-hybridized carbons (Fsp3) is 0.214. The van der Waals surface area contributed by atoms with Crippen molar-refractivity contribution in [3.8, 4) is 5.75 Å². The zero-order chi connectivity index (χ0) is 13.2. The standard InChI is InChI=1S/C14H16N4O/c1-19-12-2-3-14-13(6-12)10(7-16-14)4-5-18-9-11(15)8-17-18/h2-3,6-9,16H,4-5,15H2,1H3. The summed E-state index contributed by atoms with van der Waals surface area (Å²) in [4.78, 5) is 3.27. The van der Waals surface area contributed by atoms with Crippen molar-refractivity contribution >= 4 is 16.6 Å². The Balaban J connectivity index is 1.84. The number of benzene rings is 1. The number of ether oxygens (including phenoxy) is 1. The van der Waals surface area contributed by atoms with E-state index in [2.05, 4.69) is 16.1 Å². The maximum atomic E-state index is 5.65. The molecule has 0 fully saturated rings. The highest BCUT2D eigenvalue weighted by Crippen LogP contribution is 2.24. The number of nitrogens with two attached hydrogens (primary N) is 1. The summed E-state index contributed by atoms with van der Waals surface area (Å²) in [5.41, 5.74) is 8.72. The van der Waals surface area contributed by atoms with Gasteiger partial charge in [-0.05, 0) is 30.2 Å². The molecule has 5 nitrogen and oxygen atoms in total. The Hall–Kier alpha value is -2.43. The van der Waals surface area contributed by atoms with Crippen molar-refractivity contribution in [1.82, 2.24) is 14.8 Å². The summed E-state index contributed by atoms with van der Waals surface area (Å²) in [6, 6.07) is 6.04. The largest absolute Gasteiger partial charge is 0.497 e. The van der Waals surface area contributed by atoms with E-state index in [4.69, 9.17) is 10.5 Å². The summed E-state index contributed by atoms with van der Waals surface area (Å²) in [6.07, 6.45) is 6.44. The molecule has 2 aromatic heterocycles. The van der Waals surface area contributed by atoms with Crippen LogP contribution in [0.4, 0.5) is 5.69 Å². The highest BCUT2D eigenvalue weighted by atomic mass is 16.5. The Morgan fingerprint density at radius 3 is 3.05 bits per heavy atom. The fourth-order valence-electron chi connectivity index (χ4n) is 2.23. The normalized spacial score (nSPS) is 11.0. The van der Waals surface area contributed by atoms with Crippen molar-refractivity contribution in [3.05, 3.63) is 42.4 Å². The summed E-state index contributed by atoms with van der Waals surface area (Å²) in [5.74, 6) is 0.872. The van der Waals surface area contributed by atoms with Crippen LogP contribution in [-0.2, 0) is 13.0 Å². The van der Waals surface area contributed by atoms with E-state index < -0.39 is 0 Å². The molecule has 0 atom stereocenters. The number of aryl methyl sites for hydroxylation is 2. The van der Waals surface area contributed by atoms with Gasteiger partial charge in [-0.15, -0.1) is 0 Å². The van der Waals surface area contributed by atoms with Crippen molar-refractivity contribution in [2.75, 3.05) is 12.8 Å². The molecule has 0 amide bonds. The minimum Gasteiger partial charge on any atom is -0.497 e. The molecular formula is C14H16N4O. The van der Waals surface area contributed by atoms with Crippen molar-refractivity contribution in [3.63, 3.8) is 0 Å². The third kappa shape index (κ3) is 2.27. The second-order valence-electron chi connectivity index (χ2n) is 4.51. The number of nitrogens with one attached hydrogen (secondary N) is 1. The SMILES string of the molecule is COc1ccc2[nH]cc(CCn3cc(N)cn3)c2c1. The molecule has 1 aromatic carbocycles. The van der Waals surface area contributed by atoms with Crippen LogP contribution in [0.25, 0.3) is 10.9 Å². The second-order valence-corrected chi connectivity index (χ2v) is 4.51. The summed E-state index contributed by atoms with van der Waals surface area (Å²) in [6.45, 7) is 0.807. The highest BCUT2D eigenvalue weighted by Gasteiger charge is 2.05. The Morgan fingerprint density at radius 2 is 2.32 bits per heavy atom. The number of methoxy groups -OCH3 is 1. The van der Waals surface area contributed by atoms with Crippen LogP contribution >= 0.6 is 0 Å². The van der Waals surface area contributed by atoms with Crippen LogP contribution in [-0.4, -0.2) is 21.9 Å².